The van der Waals surface area contributed by atoms with Gasteiger partial charge < -0.3 is 14.2 Å². The quantitative estimate of drug-likeness (QED) is 0.0261. The van der Waals surface area contributed by atoms with Gasteiger partial charge in [0.2, 0.25) is 0 Å². The Balaban J connectivity index is 4.27. The van der Waals surface area contributed by atoms with Crippen molar-refractivity contribution in [2.75, 3.05) is 13.2 Å². The summed E-state index contributed by atoms with van der Waals surface area (Å²) in [5.41, 5.74) is 0. The molecular formula is C70H130O6. The molecule has 0 aromatic heterocycles. The Hall–Kier alpha value is -2.37. The summed E-state index contributed by atoms with van der Waals surface area (Å²) in [4.78, 5) is 38.4. The van der Waals surface area contributed by atoms with Crippen molar-refractivity contribution in [1.82, 2.24) is 0 Å². The monoisotopic (exact) mass is 1070 g/mol. The smallest absolute Gasteiger partial charge is 0.306 e. The second kappa shape index (κ2) is 65.2. The predicted octanol–water partition coefficient (Wildman–Crippen LogP) is 23.2. The van der Waals surface area contributed by atoms with Crippen molar-refractivity contribution in [3.8, 4) is 0 Å². The highest BCUT2D eigenvalue weighted by Crippen LogP contribution is 2.18. The lowest BCUT2D eigenvalue weighted by atomic mass is 10.0. The normalized spacial score (nSPS) is 12.2. The van der Waals surface area contributed by atoms with Crippen molar-refractivity contribution in [3.05, 3.63) is 36.5 Å². The van der Waals surface area contributed by atoms with Crippen LogP contribution in [-0.4, -0.2) is 37.2 Å². The molecule has 0 aromatic rings. The maximum atomic E-state index is 12.9. The maximum Gasteiger partial charge on any atom is 0.306 e. The number of esters is 3. The van der Waals surface area contributed by atoms with Crippen LogP contribution < -0.4 is 0 Å². The molecular weight excluding hydrogens is 937 g/mol. The molecule has 446 valence electrons. The Labute approximate surface area is 474 Å². The number of rotatable bonds is 63. The van der Waals surface area contributed by atoms with Crippen molar-refractivity contribution in [2.24, 2.45) is 0 Å². The first-order chi connectivity index (χ1) is 37.5. The molecule has 0 saturated carbocycles. The highest BCUT2D eigenvalue weighted by Gasteiger charge is 2.19. The number of unbranched alkanes of at least 4 members (excludes halogenated alkanes) is 46. The number of allylic oxidation sites excluding steroid dienone is 6. The Morgan fingerprint density at radius 1 is 0.263 bits per heavy atom. The first kappa shape index (κ1) is 73.6. The molecule has 0 fully saturated rings. The fourth-order valence-electron chi connectivity index (χ4n) is 10.2. The summed E-state index contributed by atoms with van der Waals surface area (Å²) >= 11 is 0. The molecule has 76 heavy (non-hydrogen) atoms. The van der Waals surface area contributed by atoms with Crippen LogP contribution in [0, 0.1) is 0 Å². The van der Waals surface area contributed by atoms with E-state index in [1.165, 1.54) is 257 Å². The molecule has 0 aliphatic carbocycles. The van der Waals surface area contributed by atoms with Crippen LogP contribution in [0.3, 0.4) is 0 Å². The summed E-state index contributed by atoms with van der Waals surface area (Å²) in [7, 11) is 0. The summed E-state index contributed by atoms with van der Waals surface area (Å²) in [5, 5.41) is 0. The van der Waals surface area contributed by atoms with Crippen LogP contribution in [0.5, 0.6) is 0 Å². The molecule has 0 amide bonds. The van der Waals surface area contributed by atoms with E-state index >= 15 is 0 Å². The molecule has 1 atom stereocenters. The second-order valence-electron chi connectivity index (χ2n) is 23.1. The van der Waals surface area contributed by atoms with E-state index < -0.39 is 6.10 Å². The summed E-state index contributed by atoms with van der Waals surface area (Å²) in [5.74, 6) is -0.867. The lowest BCUT2D eigenvalue weighted by Gasteiger charge is -2.18. The van der Waals surface area contributed by atoms with Crippen molar-refractivity contribution in [1.29, 1.82) is 0 Å². The Morgan fingerprint density at radius 2 is 0.474 bits per heavy atom. The third-order valence-corrected chi connectivity index (χ3v) is 15.4. The average Bonchev–Trinajstić information content (AvgIpc) is 3.42. The molecule has 0 heterocycles. The van der Waals surface area contributed by atoms with Crippen LogP contribution in [0.2, 0.25) is 0 Å². The summed E-state index contributed by atoms with van der Waals surface area (Å²) in [6.07, 6.45) is 80.2. The summed E-state index contributed by atoms with van der Waals surface area (Å²) in [6.45, 7) is 6.66. The van der Waals surface area contributed by atoms with Gasteiger partial charge in [-0.1, -0.05) is 314 Å². The Morgan fingerprint density at radius 3 is 0.763 bits per heavy atom. The maximum absolute atomic E-state index is 12.9. The lowest BCUT2D eigenvalue weighted by Crippen LogP contribution is -2.30. The van der Waals surface area contributed by atoms with Crippen molar-refractivity contribution < 1.29 is 28.6 Å². The van der Waals surface area contributed by atoms with E-state index in [-0.39, 0.29) is 31.1 Å². The average molecular weight is 1070 g/mol. The van der Waals surface area contributed by atoms with Gasteiger partial charge in [0.1, 0.15) is 13.2 Å². The van der Waals surface area contributed by atoms with Crippen LogP contribution in [0.1, 0.15) is 374 Å². The molecule has 0 rings (SSSR count). The third-order valence-electron chi connectivity index (χ3n) is 15.4. The van der Waals surface area contributed by atoms with Gasteiger partial charge in [0.25, 0.3) is 0 Å². The van der Waals surface area contributed by atoms with E-state index in [0.29, 0.717) is 19.3 Å². The molecule has 0 radical (unpaired) electrons. The topological polar surface area (TPSA) is 78.9 Å². The van der Waals surface area contributed by atoms with Gasteiger partial charge in [-0.15, -0.1) is 0 Å². The van der Waals surface area contributed by atoms with Crippen LogP contribution in [0.25, 0.3) is 0 Å². The zero-order chi connectivity index (χ0) is 55.0. The predicted molar refractivity (Wildman–Crippen MR) is 330 cm³/mol. The van der Waals surface area contributed by atoms with Gasteiger partial charge in [0.15, 0.2) is 6.10 Å². The van der Waals surface area contributed by atoms with E-state index in [2.05, 4.69) is 57.2 Å². The van der Waals surface area contributed by atoms with Gasteiger partial charge in [-0.2, -0.15) is 0 Å². The van der Waals surface area contributed by atoms with Gasteiger partial charge in [0, 0.05) is 19.3 Å². The molecule has 0 aliphatic rings. The highest BCUT2D eigenvalue weighted by atomic mass is 16.6. The molecule has 6 nitrogen and oxygen atoms in total. The van der Waals surface area contributed by atoms with Crippen molar-refractivity contribution in [3.63, 3.8) is 0 Å². The molecule has 0 spiro atoms. The summed E-state index contributed by atoms with van der Waals surface area (Å²) < 4.78 is 17.0. The zero-order valence-electron chi connectivity index (χ0n) is 51.3. The first-order valence-electron chi connectivity index (χ1n) is 34.0. The van der Waals surface area contributed by atoms with Crippen molar-refractivity contribution >= 4 is 17.9 Å². The Kier molecular flexibility index (Phi) is 63.1. The van der Waals surface area contributed by atoms with Gasteiger partial charge in [-0.25, -0.2) is 0 Å². The van der Waals surface area contributed by atoms with Gasteiger partial charge in [-0.05, 0) is 77.0 Å². The minimum atomic E-state index is -0.779. The summed E-state index contributed by atoms with van der Waals surface area (Å²) in [6, 6.07) is 0. The molecule has 0 saturated heterocycles. The fraction of sp³-hybridized carbons (Fsp3) is 0.871. The van der Waals surface area contributed by atoms with Crippen LogP contribution in [-0.2, 0) is 28.6 Å². The number of carbonyl (C=O) groups excluding carboxylic acids is 3. The largest absolute Gasteiger partial charge is 0.462 e. The standard InChI is InChI=1S/C70H130O6/c1-4-7-10-13-16-19-22-25-28-30-32-33-34-35-36-37-38-40-42-45-48-51-54-57-60-63-69(72)75-66-67(65-74-68(71)62-59-56-53-50-47-44-41-27-24-21-18-15-12-9-6-3)76-70(73)64-61-58-55-52-49-46-43-39-31-29-26-23-20-17-14-11-8-5-2/h18,21,27,29,31,41,67H,4-17,19-20,22-26,28,30,32-40,42-66H2,1-3H3/b21-18-,31-29-,41-27-. The SMILES string of the molecule is CCCCC/C=C\C/C=C\CCCCCCCC(=O)OCC(COC(=O)CCCCCCCCCCCCCCCCCCCCCCCCCCC)OC(=O)CCCCCCCCC/C=C\CCCCCCCCC. The molecule has 0 N–H and O–H groups in total. The van der Waals surface area contributed by atoms with E-state index in [1.807, 2.05) is 0 Å². The third kappa shape index (κ3) is 62.5. The minimum absolute atomic E-state index is 0.0741. The zero-order valence-corrected chi connectivity index (χ0v) is 51.3. The van der Waals surface area contributed by atoms with E-state index in [0.717, 1.165) is 77.0 Å². The lowest BCUT2D eigenvalue weighted by molar-refractivity contribution is -0.167. The fourth-order valence-corrected chi connectivity index (χ4v) is 10.2. The molecule has 0 aliphatic heterocycles. The van der Waals surface area contributed by atoms with Crippen LogP contribution >= 0.6 is 0 Å². The highest BCUT2D eigenvalue weighted by molar-refractivity contribution is 5.71. The van der Waals surface area contributed by atoms with Gasteiger partial charge in [-0.3, -0.25) is 14.4 Å². The van der Waals surface area contributed by atoms with Crippen LogP contribution in [0.15, 0.2) is 36.5 Å². The first-order valence-corrected chi connectivity index (χ1v) is 34.0. The van der Waals surface area contributed by atoms with Crippen LogP contribution in [0.4, 0.5) is 0 Å². The second-order valence-corrected chi connectivity index (χ2v) is 23.1. The molecule has 1 unspecified atom stereocenters. The van der Waals surface area contributed by atoms with E-state index in [4.69, 9.17) is 14.2 Å². The molecule has 0 aromatic carbocycles. The number of carbonyl (C=O) groups is 3. The number of ether oxygens (including phenoxy) is 3. The minimum Gasteiger partial charge on any atom is -0.462 e. The molecule has 0 bridgehead atoms. The van der Waals surface area contributed by atoms with Gasteiger partial charge in [0.05, 0.1) is 0 Å². The van der Waals surface area contributed by atoms with Gasteiger partial charge >= 0.3 is 17.9 Å². The number of hydrogen-bond donors (Lipinski definition) is 0. The van der Waals surface area contributed by atoms with E-state index in [9.17, 15) is 14.4 Å². The van der Waals surface area contributed by atoms with Crippen molar-refractivity contribution in [2.45, 2.75) is 380 Å². The Bertz CT molecular complexity index is 1270. The number of hydrogen-bond acceptors (Lipinski definition) is 6. The van der Waals surface area contributed by atoms with E-state index in [1.54, 1.807) is 0 Å². The molecule has 6 heteroatoms.